The lowest BCUT2D eigenvalue weighted by atomic mass is 10.1. The molecule has 6 atom stereocenters. The van der Waals surface area contributed by atoms with Gasteiger partial charge in [-0.25, -0.2) is 19.2 Å². The van der Waals surface area contributed by atoms with E-state index in [-0.39, 0.29) is 24.6 Å². The number of pyridine rings is 1. The van der Waals surface area contributed by atoms with Crippen LogP contribution >= 0.6 is 21.6 Å². The van der Waals surface area contributed by atoms with Gasteiger partial charge in [-0.15, -0.1) is 0 Å². The fraction of sp³-hybridized carbons (Fsp3) is 0.333. The number of hydrogen-bond donors (Lipinski definition) is 6. The fourth-order valence-electron chi connectivity index (χ4n) is 7.23. The number of carboxylic acids is 2. The molecule has 0 radical (unpaired) electrons. The molecule has 18 nitrogen and oxygen atoms in total. The highest BCUT2D eigenvalue weighted by Gasteiger charge is 2.38. The van der Waals surface area contributed by atoms with Crippen LogP contribution in [-0.2, 0) is 44.8 Å². The first-order chi connectivity index (χ1) is 32.7. The third-order valence-electron chi connectivity index (χ3n) is 10.8. The summed E-state index contributed by atoms with van der Waals surface area (Å²) in [5.41, 5.74) is 4.85. The maximum atomic E-state index is 12.8. The van der Waals surface area contributed by atoms with E-state index >= 15 is 0 Å². The van der Waals surface area contributed by atoms with Gasteiger partial charge in [-0.1, -0.05) is 82.8 Å². The third-order valence-corrected chi connectivity index (χ3v) is 13.2. The van der Waals surface area contributed by atoms with E-state index in [1.54, 1.807) is 47.3 Å². The summed E-state index contributed by atoms with van der Waals surface area (Å²) in [5.74, 6) is -4.68. The zero-order valence-corrected chi connectivity index (χ0v) is 39.1. The number of benzene rings is 2. The van der Waals surface area contributed by atoms with Gasteiger partial charge in [0.2, 0.25) is 12.5 Å². The molecule has 0 spiro atoms. The smallest absolute Gasteiger partial charge is 0.328 e. The summed E-state index contributed by atoms with van der Waals surface area (Å²) in [6.45, 7) is 3.95. The number of carboxylic acid groups (broad SMARTS) is 2. The Labute approximate surface area is 401 Å². The topological polar surface area (TPSA) is 249 Å². The summed E-state index contributed by atoms with van der Waals surface area (Å²) in [4.78, 5) is 81.2. The number of rotatable bonds is 23. The number of aliphatic carboxylic acids is 2. The molecule has 0 bridgehead atoms. The Morgan fingerprint density at radius 3 is 1.65 bits per heavy atom. The van der Waals surface area contributed by atoms with Crippen molar-refractivity contribution in [3.8, 4) is 0 Å². The number of hydrogen-bond acceptors (Lipinski definition) is 15. The molecule has 2 amide bonds. The average molecular weight is 972 g/mol. The molecule has 2 aromatic carbocycles. The van der Waals surface area contributed by atoms with Gasteiger partial charge in [0.05, 0.1) is 26.4 Å². The van der Waals surface area contributed by atoms with Crippen LogP contribution in [0.2, 0.25) is 0 Å². The van der Waals surface area contributed by atoms with Crippen molar-refractivity contribution in [2.24, 2.45) is 4.99 Å². The minimum Gasteiger partial charge on any atom is -0.480 e. The monoisotopic (exact) mass is 971 g/mol. The minimum atomic E-state index is -1.28. The molecule has 0 aliphatic carbocycles. The highest BCUT2D eigenvalue weighted by Crippen LogP contribution is 2.29. The number of nitrogens with zero attached hydrogens (tertiary/aromatic N) is 4. The number of aliphatic hydroxyl groups excluding tert-OH is 2. The number of nitrogens with one attached hydrogen (secondary N) is 2. The summed E-state index contributed by atoms with van der Waals surface area (Å²) < 4.78 is 11.4. The third kappa shape index (κ3) is 15.7. The summed E-state index contributed by atoms with van der Waals surface area (Å²) in [6, 6.07) is 14.9. The highest BCUT2D eigenvalue weighted by molar-refractivity contribution is 8.76. The average Bonchev–Trinajstić information content (AvgIpc) is 3.93. The second kappa shape index (κ2) is 26.0. The van der Waals surface area contributed by atoms with Crippen molar-refractivity contribution in [1.82, 2.24) is 10.6 Å². The van der Waals surface area contributed by atoms with E-state index in [2.05, 4.69) is 22.2 Å². The van der Waals surface area contributed by atoms with Gasteiger partial charge in [-0.3, -0.25) is 14.6 Å². The van der Waals surface area contributed by atoms with Crippen molar-refractivity contribution < 1.29 is 63.2 Å². The standard InChI is InChI=1S/C48H54N6O12S2/c1-4-31(5-6-32-9-13-35(14-10-32)53-26-37(55)23-41(53)47(63)65-2)17-20-49-25-43(57)50-39(45(59)60)29-67-68-30-40(46(61)62)51-44(58)28-52-21-18-34(19-22-52)8-7-33-11-15-36(16-12-33)54-27-38(56)24-42(54)48(64)66-3/h4-22,37-42,55-56H,1,23-30H2,2-3H3,(H3-,50,51,57,58,59,60,61,62)/p+1/b6-5+,31-17+,49-20+. The van der Waals surface area contributed by atoms with E-state index in [0.29, 0.717) is 31.5 Å². The van der Waals surface area contributed by atoms with Crippen molar-refractivity contribution in [3.63, 3.8) is 0 Å². The first-order valence-corrected chi connectivity index (χ1v) is 23.9. The summed E-state index contributed by atoms with van der Waals surface area (Å²) >= 11 is 0. The van der Waals surface area contributed by atoms with Gasteiger partial charge in [-0.2, -0.15) is 4.57 Å². The number of aliphatic imine (C=N–C) groups is 1. The maximum absolute atomic E-state index is 12.8. The van der Waals surface area contributed by atoms with Crippen LogP contribution in [0.25, 0.3) is 18.2 Å². The van der Waals surface area contributed by atoms with Crippen LogP contribution in [0.4, 0.5) is 11.4 Å². The number of methoxy groups -OCH3 is 2. The van der Waals surface area contributed by atoms with Gasteiger partial charge >= 0.3 is 23.9 Å². The van der Waals surface area contributed by atoms with E-state index in [1.165, 1.54) is 20.4 Å². The summed E-state index contributed by atoms with van der Waals surface area (Å²) in [7, 11) is 4.72. The number of carbonyl (C=O) groups excluding carboxylic acids is 4. The molecule has 2 aliphatic heterocycles. The Kier molecular flexibility index (Phi) is 20.0. The van der Waals surface area contributed by atoms with E-state index in [1.807, 2.05) is 76.6 Å². The van der Waals surface area contributed by atoms with E-state index in [9.17, 15) is 49.2 Å². The molecular weight excluding hydrogens is 917 g/mol. The van der Waals surface area contributed by atoms with Crippen LogP contribution in [0.15, 0.2) is 108 Å². The minimum absolute atomic E-state index is 0.0731. The molecule has 360 valence electrons. The van der Waals surface area contributed by atoms with Crippen LogP contribution in [0, 0.1) is 0 Å². The van der Waals surface area contributed by atoms with Gasteiger partial charge in [0.25, 0.3) is 5.91 Å². The van der Waals surface area contributed by atoms with Gasteiger partial charge in [0.1, 0.15) is 30.7 Å². The zero-order valence-electron chi connectivity index (χ0n) is 37.5. The number of carbonyl (C=O) groups is 6. The van der Waals surface area contributed by atoms with Crippen LogP contribution in [0.1, 0.15) is 29.5 Å². The summed E-state index contributed by atoms with van der Waals surface area (Å²) in [5, 5.41) is 44.6. The lowest BCUT2D eigenvalue weighted by molar-refractivity contribution is -0.684. The largest absolute Gasteiger partial charge is 0.480 e. The Bertz CT molecular complexity index is 2380. The number of esters is 2. The molecule has 20 heteroatoms. The molecular formula is C48H55N6O12S2+. The second-order valence-corrected chi connectivity index (χ2v) is 18.2. The van der Waals surface area contributed by atoms with Crippen LogP contribution in [0.5, 0.6) is 0 Å². The predicted octanol–water partition coefficient (Wildman–Crippen LogP) is 2.79. The molecule has 6 unspecified atom stereocenters. The van der Waals surface area contributed by atoms with Crippen molar-refractivity contribution in [1.29, 1.82) is 0 Å². The van der Waals surface area contributed by atoms with Crippen LogP contribution in [-0.4, -0.2) is 144 Å². The molecule has 2 saturated heterocycles. The molecule has 2 fully saturated rings. The lowest BCUT2D eigenvalue weighted by Crippen LogP contribution is -2.49. The number of ether oxygens (including phenoxy) is 2. The number of aliphatic hydroxyl groups is 2. The second-order valence-electron chi connectivity index (χ2n) is 15.7. The lowest BCUT2D eigenvalue weighted by Gasteiger charge is -2.24. The van der Waals surface area contributed by atoms with Crippen LogP contribution in [0.3, 0.4) is 0 Å². The molecule has 5 rings (SSSR count). The quantitative estimate of drug-likeness (QED) is 0.0200. The SMILES string of the molecule is C=CC(/C=C/c1ccc(N2CC(O)CC2C(=O)OC)cc1)=C\C=N\CC(=O)NC(CSSCC(NC(=O)C[n+]1ccc(/C=C/c2ccc(N3CC(O)CC3C(=O)OC)cc2)cc1)C(=O)O)C(=O)O. The highest BCUT2D eigenvalue weighted by atomic mass is 33.1. The molecule has 68 heavy (non-hydrogen) atoms. The number of amides is 2. The van der Waals surface area contributed by atoms with Crippen molar-refractivity contribution >= 4 is 93.1 Å². The Morgan fingerprint density at radius 1 is 0.735 bits per heavy atom. The number of allylic oxidation sites excluding steroid dienone is 4. The number of aromatic nitrogens is 1. The zero-order chi connectivity index (χ0) is 49.2. The van der Waals surface area contributed by atoms with Crippen LogP contribution < -0.4 is 25.0 Å². The normalized spacial score (nSPS) is 19.3. The number of anilines is 2. The van der Waals surface area contributed by atoms with Crippen molar-refractivity contribution in [3.05, 3.63) is 120 Å². The van der Waals surface area contributed by atoms with Gasteiger partial charge in [0, 0.05) is 67.2 Å². The Hall–Kier alpha value is -6.74. The molecule has 3 aromatic rings. The van der Waals surface area contributed by atoms with Crippen molar-refractivity contribution in [2.75, 3.05) is 55.2 Å². The van der Waals surface area contributed by atoms with E-state index in [4.69, 9.17) is 9.47 Å². The first-order valence-electron chi connectivity index (χ1n) is 21.4. The van der Waals surface area contributed by atoms with Gasteiger partial charge in [0.15, 0.2) is 12.4 Å². The molecule has 6 N–H and O–H groups in total. The molecule has 1 aromatic heterocycles. The Balaban J connectivity index is 1.01. The fourth-order valence-corrected chi connectivity index (χ4v) is 9.55. The molecule has 3 heterocycles. The van der Waals surface area contributed by atoms with E-state index < -0.39 is 72.1 Å². The maximum Gasteiger partial charge on any atom is 0.328 e. The number of β-amino-alcohol motifs (C(OH)–C–C–N with tert-alkyl or cyclic N) is 2. The predicted molar refractivity (Wildman–Crippen MR) is 261 cm³/mol. The molecule has 2 aliphatic rings. The van der Waals surface area contributed by atoms with Gasteiger partial charge in [-0.05, 0) is 52.6 Å². The molecule has 0 saturated carbocycles. The van der Waals surface area contributed by atoms with Gasteiger partial charge < -0.3 is 50.3 Å². The first kappa shape index (κ1) is 52.2. The van der Waals surface area contributed by atoms with Crippen molar-refractivity contribution in [2.45, 2.75) is 55.8 Å². The van der Waals surface area contributed by atoms with E-state index in [0.717, 1.165) is 49.7 Å². The Morgan fingerprint density at radius 2 is 1.19 bits per heavy atom. The summed E-state index contributed by atoms with van der Waals surface area (Å²) in [6.07, 6.45) is 14.8.